The van der Waals surface area contributed by atoms with Crippen molar-refractivity contribution in [2.24, 2.45) is 0 Å². The van der Waals surface area contributed by atoms with Gasteiger partial charge in [0.15, 0.2) is 11.9 Å². The molecule has 7 nitrogen and oxygen atoms in total. The Kier molecular flexibility index (Phi) is 9.35. The van der Waals surface area contributed by atoms with E-state index in [0.717, 1.165) is 25.3 Å². The van der Waals surface area contributed by atoms with E-state index in [4.69, 9.17) is 4.74 Å². The van der Waals surface area contributed by atoms with Crippen molar-refractivity contribution in [3.63, 3.8) is 0 Å². The smallest absolute Gasteiger partial charge is 0.417 e. The number of pyridine rings is 1. The maximum atomic E-state index is 14.4. The van der Waals surface area contributed by atoms with Crippen molar-refractivity contribution < 1.29 is 40.3 Å². The minimum Gasteiger partial charge on any atom is -0.464 e. The molecule has 5 rings (SSSR count). The molecule has 0 aliphatic carbocycles. The molecule has 0 amide bonds. The lowest BCUT2D eigenvalue weighted by Gasteiger charge is -2.20. The van der Waals surface area contributed by atoms with Gasteiger partial charge in [-0.05, 0) is 48.9 Å². The Labute approximate surface area is 258 Å². The molecule has 2 aromatic carbocycles. The zero-order valence-electron chi connectivity index (χ0n) is 24.2. The van der Waals surface area contributed by atoms with Crippen LogP contribution in [-0.2, 0) is 21.9 Å². The maximum Gasteiger partial charge on any atom is 0.417 e. The number of imidazole rings is 1. The first-order chi connectivity index (χ1) is 21.9. The number of benzene rings is 2. The average molecular weight is 646 g/mol. The molecule has 2 aliphatic rings. The molecule has 0 saturated heterocycles. The van der Waals surface area contributed by atoms with Crippen molar-refractivity contribution in [3.05, 3.63) is 95.7 Å². The van der Waals surface area contributed by atoms with E-state index in [9.17, 15) is 35.5 Å². The molecule has 0 bridgehead atoms. The van der Waals surface area contributed by atoms with Gasteiger partial charge in [-0.2, -0.15) is 36.5 Å². The monoisotopic (exact) mass is 645 g/mol. The molecule has 1 atom stereocenters. The van der Waals surface area contributed by atoms with E-state index in [-0.39, 0.29) is 35.4 Å². The largest absolute Gasteiger partial charge is 0.464 e. The lowest BCUT2D eigenvalue weighted by molar-refractivity contribution is -0.146. The Balaban J connectivity index is 1.52. The van der Waals surface area contributed by atoms with Crippen molar-refractivity contribution in [3.8, 4) is 34.0 Å². The Hall–Kier alpha value is -4.88. The number of esters is 1. The lowest BCUT2D eigenvalue weighted by Crippen LogP contribution is -2.25. The van der Waals surface area contributed by atoms with Crippen molar-refractivity contribution in [2.45, 2.75) is 51.0 Å². The third-order valence-corrected chi connectivity index (χ3v) is 7.16. The molecule has 2 aliphatic heterocycles. The number of carbonyl (C=O) groups excluding carboxylic acids is 1. The van der Waals surface area contributed by atoms with Gasteiger partial charge in [0.1, 0.15) is 11.5 Å². The van der Waals surface area contributed by atoms with E-state index in [0.29, 0.717) is 29.9 Å². The van der Waals surface area contributed by atoms with Gasteiger partial charge in [-0.25, -0.2) is 19.2 Å². The summed E-state index contributed by atoms with van der Waals surface area (Å²) in [6, 6.07) is 9.86. The molecule has 0 fully saturated rings. The summed E-state index contributed by atoms with van der Waals surface area (Å²) in [5.74, 6) is -1.13. The second-order valence-electron chi connectivity index (χ2n) is 10.4. The molecule has 3 aromatic rings. The van der Waals surface area contributed by atoms with Gasteiger partial charge in [0, 0.05) is 18.0 Å². The van der Waals surface area contributed by atoms with E-state index in [1.807, 2.05) is 6.92 Å². The summed E-state index contributed by atoms with van der Waals surface area (Å²) in [7, 11) is 0. The number of fused-ring (bicyclic) bond motifs is 1. The van der Waals surface area contributed by atoms with Gasteiger partial charge in [0.05, 0.1) is 40.4 Å². The van der Waals surface area contributed by atoms with Gasteiger partial charge in [-0.15, -0.1) is 0 Å². The standard InChI is InChI=1S/C32H26F7N5O2/c1-2-3-4-7-16-46-30(45)28(44-15-14-25-27(18-44)41-29(40-25)21-8-5-6-9-23(21)33)26-13-12-24(42-43-26)20-11-10-19(31(34,35)36)17-22(20)32(37,38)39/h5-6,8-15,17-18,28H,2-4,7,16H2,1H3. The molecule has 0 radical (unpaired) electrons. The van der Waals surface area contributed by atoms with Crippen LogP contribution in [0.25, 0.3) is 34.0 Å². The molecular formula is C32H26F7N5O2. The van der Waals surface area contributed by atoms with E-state index in [2.05, 4.69) is 20.2 Å². The first-order valence-electron chi connectivity index (χ1n) is 14.3. The summed E-state index contributed by atoms with van der Waals surface area (Å²) in [6.45, 7) is 2.14. The first kappa shape index (κ1) is 32.5. The average Bonchev–Trinajstić information content (AvgIpc) is 3.44. The van der Waals surface area contributed by atoms with E-state index in [1.54, 1.807) is 12.1 Å². The lowest BCUT2D eigenvalue weighted by atomic mass is 10.00. The minimum atomic E-state index is -5.12. The fourth-order valence-corrected chi connectivity index (χ4v) is 4.84. The molecule has 240 valence electrons. The summed E-state index contributed by atoms with van der Waals surface area (Å²) < 4.78 is 102. The highest BCUT2D eigenvalue weighted by Gasteiger charge is 2.39. The van der Waals surface area contributed by atoms with Crippen LogP contribution in [0.1, 0.15) is 55.5 Å². The van der Waals surface area contributed by atoms with E-state index >= 15 is 0 Å². The number of halogens is 7. The predicted molar refractivity (Wildman–Crippen MR) is 153 cm³/mol. The van der Waals surface area contributed by atoms with Crippen LogP contribution in [0.2, 0.25) is 0 Å². The third-order valence-electron chi connectivity index (χ3n) is 7.16. The highest BCUT2D eigenvalue weighted by molar-refractivity contribution is 5.78. The normalized spacial score (nSPS) is 12.8. The number of hydrogen-bond donors (Lipinski definition) is 0. The van der Waals surface area contributed by atoms with E-state index in [1.165, 1.54) is 41.2 Å². The summed E-state index contributed by atoms with van der Waals surface area (Å²) in [6.07, 6.45) is -3.77. The molecular weight excluding hydrogens is 619 g/mol. The highest BCUT2D eigenvalue weighted by atomic mass is 19.4. The quantitative estimate of drug-likeness (QED) is 0.0862. The first-order valence-corrected chi connectivity index (χ1v) is 14.3. The van der Waals surface area contributed by atoms with Gasteiger partial charge in [0.2, 0.25) is 0 Å². The van der Waals surface area contributed by atoms with Gasteiger partial charge < -0.3 is 9.30 Å². The van der Waals surface area contributed by atoms with Gasteiger partial charge in [-0.1, -0.05) is 44.4 Å². The van der Waals surface area contributed by atoms with Crippen LogP contribution in [0.15, 0.2) is 73.1 Å². The van der Waals surface area contributed by atoms with Crippen molar-refractivity contribution in [1.82, 2.24) is 24.7 Å². The predicted octanol–water partition coefficient (Wildman–Crippen LogP) is 8.40. The van der Waals surface area contributed by atoms with Crippen LogP contribution in [0.3, 0.4) is 0 Å². The number of rotatable bonds is 10. The number of carbonyl (C=O) groups is 1. The Morgan fingerprint density at radius 3 is 2.26 bits per heavy atom. The number of nitrogens with zero attached hydrogens (tertiary/aromatic N) is 5. The van der Waals surface area contributed by atoms with Crippen LogP contribution < -0.4 is 0 Å². The van der Waals surface area contributed by atoms with Crippen molar-refractivity contribution >= 4 is 5.97 Å². The minimum absolute atomic E-state index is 0.0130. The third kappa shape index (κ3) is 7.16. The summed E-state index contributed by atoms with van der Waals surface area (Å²) in [4.78, 5) is 22.2. The fraction of sp³-hybridized carbons (Fsp3) is 0.281. The Morgan fingerprint density at radius 2 is 1.59 bits per heavy atom. The molecule has 46 heavy (non-hydrogen) atoms. The summed E-state index contributed by atoms with van der Waals surface area (Å²) >= 11 is 0. The van der Waals surface area contributed by atoms with Gasteiger partial charge in [0.25, 0.3) is 0 Å². The zero-order valence-corrected chi connectivity index (χ0v) is 24.2. The topological polar surface area (TPSA) is 82.8 Å². The molecule has 1 unspecified atom stereocenters. The molecule has 0 N–H and O–H groups in total. The molecule has 0 saturated carbocycles. The van der Waals surface area contributed by atoms with Crippen LogP contribution >= 0.6 is 0 Å². The second-order valence-corrected chi connectivity index (χ2v) is 10.4. The van der Waals surface area contributed by atoms with E-state index < -0.39 is 46.9 Å². The zero-order chi connectivity index (χ0) is 33.1. The van der Waals surface area contributed by atoms with Crippen molar-refractivity contribution in [1.29, 1.82) is 0 Å². The molecule has 0 spiro atoms. The number of hydrogen-bond acceptors (Lipinski definition) is 6. The van der Waals surface area contributed by atoms with Crippen LogP contribution in [0.5, 0.6) is 0 Å². The molecule has 14 heteroatoms. The highest BCUT2D eigenvalue weighted by Crippen LogP contribution is 2.40. The maximum absolute atomic E-state index is 14.4. The molecule has 1 aromatic heterocycles. The fourth-order valence-electron chi connectivity index (χ4n) is 4.84. The number of unbranched alkanes of at least 4 members (excludes halogenated alkanes) is 3. The molecule has 3 heterocycles. The van der Waals surface area contributed by atoms with Crippen molar-refractivity contribution in [2.75, 3.05) is 6.61 Å². The van der Waals surface area contributed by atoms with Crippen LogP contribution in [-0.4, -0.2) is 37.3 Å². The second kappa shape index (κ2) is 13.2. The van der Waals surface area contributed by atoms with Crippen LogP contribution in [0.4, 0.5) is 30.7 Å². The number of aromatic nitrogens is 5. The Morgan fingerprint density at radius 1 is 0.826 bits per heavy atom. The van der Waals surface area contributed by atoms with Gasteiger partial charge in [-0.3, -0.25) is 0 Å². The number of ether oxygens (including phenoxy) is 1. The Bertz CT molecular complexity index is 1790. The van der Waals surface area contributed by atoms with Crippen LogP contribution in [0, 0.1) is 5.82 Å². The SMILES string of the molecule is CCCCCCOC(=O)C(c1ccc(-c2ccc(C(F)(F)F)cc2C(F)(F)F)nn1)n1ccc2nc(-c3ccccc3F)nc-2c1. The van der Waals surface area contributed by atoms with Gasteiger partial charge >= 0.3 is 18.3 Å². The summed E-state index contributed by atoms with van der Waals surface area (Å²) in [5, 5.41) is 7.86. The summed E-state index contributed by atoms with van der Waals surface area (Å²) in [5.41, 5.74) is -3.08. The number of alkyl halides is 6.